The van der Waals surface area contributed by atoms with Crippen molar-refractivity contribution < 1.29 is 8.42 Å². The van der Waals surface area contributed by atoms with Crippen molar-refractivity contribution in [3.63, 3.8) is 0 Å². The van der Waals surface area contributed by atoms with Gasteiger partial charge in [0, 0.05) is 32.7 Å². The highest BCUT2D eigenvalue weighted by molar-refractivity contribution is 7.89. The highest BCUT2D eigenvalue weighted by Crippen LogP contribution is 2.35. The summed E-state index contributed by atoms with van der Waals surface area (Å²) in [6.07, 6.45) is 0. The molecule has 2 aliphatic rings. The Morgan fingerprint density at radius 3 is 2.12 bits per heavy atom. The van der Waals surface area contributed by atoms with E-state index in [4.69, 9.17) is 0 Å². The molecule has 2 aromatic carbocycles. The van der Waals surface area contributed by atoms with Crippen molar-refractivity contribution in [1.29, 1.82) is 0 Å². The average Bonchev–Trinajstić information content (AvgIpc) is 3.17. The van der Waals surface area contributed by atoms with Gasteiger partial charge >= 0.3 is 0 Å². The number of rotatable bonds is 4. The lowest BCUT2D eigenvalue weighted by molar-refractivity contribution is 0.289. The molecule has 4 rings (SSSR count). The Morgan fingerprint density at radius 2 is 1.48 bits per heavy atom. The van der Waals surface area contributed by atoms with Gasteiger partial charge in [-0.1, -0.05) is 42.5 Å². The van der Waals surface area contributed by atoms with Crippen molar-refractivity contribution in [2.45, 2.75) is 18.4 Å². The zero-order valence-corrected chi connectivity index (χ0v) is 15.3. The molecule has 4 nitrogen and oxygen atoms in total. The molecule has 2 atom stereocenters. The Balaban J connectivity index is 1.42. The third kappa shape index (κ3) is 3.24. The van der Waals surface area contributed by atoms with Crippen LogP contribution in [0.2, 0.25) is 0 Å². The first-order valence-electron chi connectivity index (χ1n) is 8.86. The minimum Gasteiger partial charge on any atom is -0.298 e. The first kappa shape index (κ1) is 16.8. The second-order valence-electron chi connectivity index (χ2n) is 7.28. The summed E-state index contributed by atoms with van der Waals surface area (Å²) in [5.74, 6) is 0.894. The molecule has 0 saturated carbocycles. The van der Waals surface area contributed by atoms with Crippen molar-refractivity contribution in [2.24, 2.45) is 11.8 Å². The lowest BCUT2D eigenvalue weighted by atomic mass is 10.0. The topological polar surface area (TPSA) is 40.6 Å². The van der Waals surface area contributed by atoms with Crippen LogP contribution in [0, 0.1) is 18.8 Å². The molecule has 0 bridgehead atoms. The van der Waals surface area contributed by atoms with Gasteiger partial charge in [-0.05, 0) is 42.0 Å². The monoisotopic (exact) mass is 356 g/mol. The van der Waals surface area contributed by atoms with Crippen LogP contribution < -0.4 is 0 Å². The van der Waals surface area contributed by atoms with Gasteiger partial charge in [-0.15, -0.1) is 0 Å². The lowest BCUT2D eigenvalue weighted by Crippen LogP contribution is -2.33. The van der Waals surface area contributed by atoms with E-state index >= 15 is 0 Å². The van der Waals surface area contributed by atoms with Gasteiger partial charge in [-0.2, -0.15) is 4.31 Å². The second-order valence-corrected chi connectivity index (χ2v) is 9.21. The first-order chi connectivity index (χ1) is 12.0. The Labute approximate surface area is 150 Å². The second kappa shape index (κ2) is 6.56. The van der Waals surface area contributed by atoms with Gasteiger partial charge in [0.25, 0.3) is 0 Å². The number of sulfonamides is 1. The van der Waals surface area contributed by atoms with E-state index in [0.717, 1.165) is 19.6 Å². The normalized spacial score (nSPS) is 24.5. The third-order valence-corrected chi connectivity index (χ3v) is 7.41. The van der Waals surface area contributed by atoms with Crippen LogP contribution in [-0.2, 0) is 16.6 Å². The van der Waals surface area contributed by atoms with E-state index in [1.165, 1.54) is 11.1 Å². The number of hydrogen-bond donors (Lipinski definition) is 0. The van der Waals surface area contributed by atoms with E-state index in [1.54, 1.807) is 28.6 Å². The average molecular weight is 356 g/mol. The van der Waals surface area contributed by atoms with E-state index in [1.807, 2.05) is 6.07 Å². The summed E-state index contributed by atoms with van der Waals surface area (Å²) < 4.78 is 27.3. The molecule has 25 heavy (non-hydrogen) atoms. The molecule has 5 heteroatoms. The summed E-state index contributed by atoms with van der Waals surface area (Å²) in [5, 5.41) is 0. The maximum absolute atomic E-state index is 12.8. The van der Waals surface area contributed by atoms with Crippen molar-refractivity contribution in [1.82, 2.24) is 9.21 Å². The smallest absolute Gasteiger partial charge is 0.243 e. The van der Waals surface area contributed by atoms with Crippen molar-refractivity contribution >= 4 is 10.0 Å². The highest BCUT2D eigenvalue weighted by Gasteiger charge is 2.44. The third-order valence-electron chi connectivity index (χ3n) is 5.56. The van der Waals surface area contributed by atoms with E-state index in [0.29, 0.717) is 29.8 Å². The van der Waals surface area contributed by atoms with Gasteiger partial charge in [0.2, 0.25) is 10.0 Å². The molecule has 0 aromatic heterocycles. The standard InChI is InChI=1S/C20H24N2O2S/c1-16-7-5-6-8-17(16)11-21-12-18-14-22(15-19(18)13-21)25(23,24)20-9-3-2-4-10-20/h2-10,18-19H,11-15H2,1H3/t18-,19-/m0/s1. The van der Waals surface area contributed by atoms with E-state index in [2.05, 4.69) is 36.1 Å². The molecular formula is C20H24N2O2S. The molecule has 0 amide bonds. The van der Waals surface area contributed by atoms with Crippen LogP contribution in [0.4, 0.5) is 0 Å². The fraction of sp³-hybridized carbons (Fsp3) is 0.400. The van der Waals surface area contributed by atoms with Gasteiger partial charge < -0.3 is 0 Å². The molecule has 2 aromatic rings. The van der Waals surface area contributed by atoms with Gasteiger partial charge in [-0.25, -0.2) is 8.42 Å². The highest BCUT2D eigenvalue weighted by atomic mass is 32.2. The van der Waals surface area contributed by atoms with Crippen molar-refractivity contribution in [2.75, 3.05) is 26.2 Å². The molecule has 0 spiro atoms. The quantitative estimate of drug-likeness (QED) is 0.846. The molecule has 132 valence electrons. The van der Waals surface area contributed by atoms with E-state index < -0.39 is 10.0 Å². The molecule has 2 aliphatic heterocycles. The number of aryl methyl sites for hydroxylation is 1. The number of benzene rings is 2. The maximum atomic E-state index is 12.8. The van der Waals surface area contributed by atoms with Crippen molar-refractivity contribution in [3.05, 3.63) is 65.7 Å². The van der Waals surface area contributed by atoms with Crippen LogP contribution >= 0.6 is 0 Å². The Hall–Kier alpha value is -1.69. The minimum absolute atomic E-state index is 0.409. The van der Waals surface area contributed by atoms with Crippen LogP contribution in [0.5, 0.6) is 0 Å². The molecule has 2 saturated heterocycles. The van der Waals surface area contributed by atoms with E-state index in [-0.39, 0.29) is 0 Å². The maximum Gasteiger partial charge on any atom is 0.243 e. The summed E-state index contributed by atoms with van der Waals surface area (Å²) in [6.45, 7) is 6.38. The van der Waals surface area contributed by atoms with Gasteiger partial charge in [0.1, 0.15) is 0 Å². The molecule has 0 radical (unpaired) electrons. The van der Waals surface area contributed by atoms with Crippen LogP contribution in [0.15, 0.2) is 59.5 Å². The largest absolute Gasteiger partial charge is 0.298 e. The fourth-order valence-electron chi connectivity index (χ4n) is 4.14. The van der Waals surface area contributed by atoms with Gasteiger partial charge in [0.05, 0.1) is 4.90 Å². The SMILES string of the molecule is Cc1ccccc1CN1C[C@H]2CN(S(=O)(=O)c3ccccc3)C[C@@H]2C1. The summed E-state index contributed by atoms with van der Waals surface area (Å²) in [5.41, 5.74) is 2.70. The molecular weight excluding hydrogens is 332 g/mol. The van der Waals surface area contributed by atoms with Gasteiger partial charge in [-0.3, -0.25) is 4.90 Å². The number of likely N-dealkylation sites (tertiary alicyclic amines) is 1. The predicted molar refractivity (Wildman–Crippen MR) is 98.6 cm³/mol. The molecule has 0 unspecified atom stereocenters. The minimum atomic E-state index is -3.35. The Kier molecular flexibility index (Phi) is 4.40. The molecule has 2 heterocycles. The van der Waals surface area contributed by atoms with E-state index in [9.17, 15) is 8.42 Å². The number of hydrogen-bond acceptors (Lipinski definition) is 3. The Bertz CT molecular complexity index is 837. The van der Waals surface area contributed by atoms with Gasteiger partial charge in [0.15, 0.2) is 0 Å². The number of nitrogens with zero attached hydrogens (tertiary/aromatic N) is 2. The predicted octanol–water partition coefficient (Wildman–Crippen LogP) is 2.75. The van der Waals surface area contributed by atoms with Crippen LogP contribution in [0.25, 0.3) is 0 Å². The van der Waals surface area contributed by atoms with Crippen LogP contribution in [0.3, 0.4) is 0 Å². The zero-order chi connectivity index (χ0) is 17.4. The molecule has 0 N–H and O–H groups in total. The summed E-state index contributed by atoms with van der Waals surface area (Å²) in [4.78, 5) is 2.89. The zero-order valence-electron chi connectivity index (χ0n) is 14.5. The Morgan fingerprint density at radius 1 is 0.880 bits per heavy atom. The first-order valence-corrected chi connectivity index (χ1v) is 10.3. The summed E-state index contributed by atoms with van der Waals surface area (Å²) in [7, 11) is -3.35. The summed E-state index contributed by atoms with van der Waals surface area (Å²) in [6, 6.07) is 17.3. The number of fused-ring (bicyclic) bond motifs is 1. The van der Waals surface area contributed by atoms with Crippen LogP contribution in [0.1, 0.15) is 11.1 Å². The molecule has 2 fully saturated rings. The van der Waals surface area contributed by atoms with Crippen molar-refractivity contribution in [3.8, 4) is 0 Å². The summed E-state index contributed by atoms with van der Waals surface area (Å²) >= 11 is 0. The fourth-order valence-corrected chi connectivity index (χ4v) is 5.72. The lowest BCUT2D eigenvalue weighted by Gasteiger charge is -2.22. The van der Waals surface area contributed by atoms with Crippen LogP contribution in [-0.4, -0.2) is 43.8 Å². The molecule has 0 aliphatic carbocycles.